The highest BCUT2D eigenvalue weighted by Crippen LogP contribution is 2.37. The maximum atomic E-state index is 13.1. The zero-order valence-corrected chi connectivity index (χ0v) is 18.6. The molecule has 0 N–H and O–H groups in total. The fourth-order valence-electron chi connectivity index (χ4n) is 3.59. The van der Waals surface area contributed by atoms with Crippen LogP contribution in [0.4, 0.5) is 5.82 Å². The second-order valence-electron chi connectivity index (χ2n) is 7.07. The highest BCUT2D eigenvalue weighted by Gasteiger charge is 2.27. The van der Waals surface area contributed by atoms with Gasteiger partial charge in [0.05, 0.1) is 35.6 Å². The van der Waals surface area contributed by atoms with Crippen molar-refractivity contribution in [2.45, 2.75) is 6.92 Å². The molecule has 0 bridgehead atoms. The molecule has 7 heteroatoms. The van der Waals surface area contributed by atoms with Crippen LogP contribution in [0, 0.1) is 0 Å². The first-order valence-electron chi connectivity index (χ1n) is 10.1. The number of aromatic nitrogens is 1. The van der Waals surface area contributed by atoms with Crippen molar-refractivity contribution in [1.29, 1.82) is 0 Å². The van der Waals surface area contributed by atoms with Gasteiger partial charge < -0.3 is 14.4 Å². The number of anilines is 1. The number of hydrogen-bond acceptors (Lipinski definition) is 5. The molecule has 1 aliphatic heterocycles. The Labute approximate surface area is 191 Å². The second-order valence-corrected chi connectivity index (χ2v) is 7.88. The van der Waals surface area contributed by atoms with Gasteiger partial charge in [-0.2, -0.15) is 0 Å². The van der Waals surface area contributed by atoms with E-state index < -0.39 is 5.97 Å². The molecule has 0 saturated carbocycles. The van der Waals surface area contributed by atoms with Crippen LogP contribution in [0.2, 0.25) is 10.0 Å². The Morgan fingerprint density at radius 3 is 2.45 bits per heavy atom. The van der Waals surface area contributed by atoms with Crippen LogP contribution in [0.3, 0.4) is 0 Å². The molecule has 0 amide bonds. The van der Waals surface area contributed by atoms with Crippen LogP contribution in [0.15, 0.2) is 54.6 Å². The molecule has 2 heterocycles. The number of hydrogen-bond donors (Lipinski definition) is 0. The standard InChI is InChI=1S/C24H22Cl2N2O3/c1-2-31-24(29)22-18(17-8-9-19(25)20(26)14-17)15-21(16-6-4-3-5-7-16)27-23(22)28-10-12-30-13-11-28/h3-9,14-15H,2,10-13H2,1H3. The third-order valence-corrected chi connectivity index (χ3v) is 5.83. The maximum absolute atomic E-state index is 13.1. The molecule has 1 fully saturated rings. The first-order chi connectivity index (χ1) is 15.1. The molecule has 0 spiro atoms. The topological polar surface area (TPSA) is 51.7 Å². The lowest BCUT2D eigenvalue weighted by Gasteiger charge is -2.30. The van der Waals surface area contributed by atoms with E-state index in [1.165, 1.54) is 0 Å². The van der Waals surface area contributed by atoms with Gasteiger partial charge in [-0.25, -0.2) is 9.78 Å². The predicted octanol–water partition coefficient (Wildman–Crippen LogP) is 5.74. The van der Waals surface area contributed by atoms with Crippen LogP contribution in [0.25, 0.3) is 22.4 Å². The number of halogens is 2. The third kappa shape index (κ3) is 4.69. The third-order valence-electron chi connectivity index (χ3n) is 5.09. The summed E-state index contributed by atoms with van der Waals surface area (Å²) in [7, 11) is 0. The Hall–Kier alpha value is -2.60. The summed E-state index contributed by atoms with van der Waals surface area (Å²) < 4.78 is 10.9. The number of carbonyl (C=O) groups is 1. The highest BCUT2D eigenvalue weighted by molar-refractivity contribution is 6.42. The van der Waals surface area contributed by atoms with Gasteiger partial charge in [-0.15, -0.1) is 0 Å². The van der Waals surface area contributed by atoms with E-state index in [9.17, 15) is 4.79 Å². The fraction of sp³-hybridized carbons (Fsp3) is 0.250. The van der Waals surface area contributed by atoms with E-state index >= 15 is 0 Å². The van der Waals surface area contributed by atoms with Crippen molar-refractivity contribution in [3.63, 3.8) is 0 Å². The number of benzene rings is 2. The minimum atomic E-state index is -0.419. The smallest absolute Gasteiger partial charge is 0.342 e. The molecule has 0 atom stereocenters. The normalized spacial score (nSPS) is 13.8. The minimum Gasteiger partial charge on any atom is -0.462 e. The summed E-state index contributed by atoms with van der Waals surface area (Å²) in [6.07, 6.45) is 0. The van der Waals surface area contributed by atoms with Gasteiger partial charge in [-0.05, 0) is 30.7 Å². The quantitative estimate of drug-likeness (QED) is 0.458. The van der Waals surface area contributed by atoms with Gasteiger partial charge in [0.1, 0.15) is 11.4 Å². The zero-order valence-electron chi connectivity index (χ0n) is 17.1. The number of pyridine rings is 1. The van der Waals surface area contributed by atoms with Crippen molar-refractivity contribution in [3.8, 4) is 22.4 Å². The maximum Gasteiger partial charge on any atom is 0.342 e. The molecular weight excluding hydrogens is 435 g/mol. The van der Waals surface area contributed by atoms with E-state index in [0.717, 1.165) is 16.8 Å². The van der Waals surface area contributed by atoms with Crippen molar-refractivity contribution in [1.82, 2.24) is 4.98 Å². The molecular formula is C24H22Cl2N2O3. The molecule has 5 nitrogen and oxygen atoms in total. The summed E-state index contributed by atoms with van der Waals surface area (Å²) in [5.74, 6) is 0.168. The van der Waals surface area contributed by atoms with Crippen molar-refractivity contribution in [2.24, 2.45) is 0 Å². The molecule has 0 aliphatic carbocycles. The minimum absolute atomic E-state index is 0.267. The molecule has 2 aromatic carbocycles. The van der Waals surface area contributed by atoms with Gasteiger partial charge >= 0.3 is 5.97 Å². The van der Waals surface area contributed by atoms with Gasteiger partial charge in [-0.1, -0.05) is 59.6 Å². The first-order valence-corrected chi connectivity index (χ1v) is 10.9. The van der Waals surface area contributed by atoms with Gasteiger partial charge in [-0.3, -0.25) is 0 Å². The lowest BCUT2D eigenvalue weighted by Crippen LogP contribution is -2.38. The van der Waals surface area contributed by atoms with Crippen LogP contribution in [0.1, 0.15) is 17.3 Å². The Kier molecular flexibility index (Phi) is 6.76. The molecule has 1 aliphatic rings. The molecule has 160 valence electrons. The van der Waals surface area contributed by atoms with E-state index in [-0.39, 0.29) is 6.61 Å². The van der Waals surface area contributed by atoms with Crippen LogP contribution in [-0.2, 0) is 9.47 Å². The molecule has 1 saturated heterocycles. The second kappa shape index (κ2) is 9.69. The summed E-state index contributed by atoms with van der Waals surface area (Å²) in [5.41, 5.74) is 3.60. The van der Waals surface area contributed by atoms with Gasteiger partial charge in [0.25, 0.3) is 0 Å². The Bertz CT molecular complexity index is 1080. The molecule has 4 rings (SSSR count). The Balaban J connectivity index is 1.98. The number of nitrogens with zero attached hydrogens (tertiary/aromatic N) is 2. The number of ether oxygens (including phenoxy) is 2. The number of carbonyl (C=O) groups excluding carboxylic acids is 1. The van der Waals surface area contributed by atoms with E-state index in [0.29, 0.717) is 53.3 Å². The van der Waals surface area contributed by atoms with Crippen molar-refractivity contribution < 1.29 is 14.3 Å². The van der Waals surface area contributed by atoms with Gasteiger partial charge in [0, 0.05) is 24.2 Å². The molecule has 0 radical (unpaired) electrons. The largest absolute Gasteiger partial charge is 0.462 e. The average Bonchev–Trinajstić information content (AvgIpc) is 2.81. The van der Waals surface area contributed by atoms with Crippen LogP contribution in [-0.4, -0.2) is 43.9 Å². The predicted molar refractivity (Wildman–Crippen MR) is 124 cm³/mol. The van der Waals surface area contributed by atoms with E-state index in [4.69, 9.17) is 37.7 Å². The SMILES string of the molecule is CCOC(=O)c1c(-c2ccc(Cl)c(Cl)c2)cc(-c2ccccc2)nc1N1CCOCC1. The summed E-state index contributed by atoms with van der Waals surface area (Å²) in [6.45, 7) is 4.47. The van der Waals surface area contributed by atoms with Crippen molar-refractivity contribution in [2.75, 3.05) is 37.8 Å². The van der Waals surface area contributed by atoms with Crippen LogP contribution >= 0.6 is 23.2 Å². The lowest BCUT2D eigenvalue weighted by atomic mass is 9.97. The molecule has 0 unspecified atom stereocenters. The van der Waals surface area contributed by atoms with Gasteiger partial charge in [0.2, 0.25) is 0 Å². The van der Waals surface area contributed by atoms with Gasteiger partial charge in [0.15, 0.2) is 0 Å². The van der Waals surface area contributed by atoms with E-state index in [2.05, 4.69) is 4.90 Å². The zero-order chi connectivity index (χ0) is 21.8. The Morgan fingerprint density at radius 2 is 1.77 bits per heavy atom. The number of esters is 1. The number of rotatable bonds is 5. The summed E-state index contributed by atoms with van der Waals surface area (Å²) in [6, 6.07) is 17.1. The molecule has 31 heavy (non-hydrogen) atoms. The molecule has 3 aromatic rings. The number of morpholine rings is 1. The van der Waals surface area contributed by atoms with Crippen LogP contribution < -0.4 is 4.90 Å². The lowest BCUT2D eigenvalue weighted by molar-refractivity contribution is 0.0526. The first kappa shape index (κ1) is 21.6. The average molecular weight is 457 g/mol. The Morgan fingerprint density at radius 1 is 1.03 bits per heavy atom. The van der Waals surface area contributed by atoms with Crippen molar-refractivity contribution in [3.05, 3.63) is 70.2 Å². The summed E-state index contributed by atoms with van der Waals surface area (Å²) in [4.78, 5) is 20.1. The highest BCUT2D eigenvalue weighted by atomic mass is 35.5. The van der Waals surface area contributed by atoms with Crippen molar-refractivity contribution >= 4 is 35.0 Å². The summed E-state index contributed by atoms with van der Waals surface area (Å²) in [5, 5.41) is 0.869. The molecule has 1 aromatic heterocycles. The fourth-order valence-corrected chi connectivity index (χ4v) is 3.89. The van der Waals surface area contributed by atoms with Crippen LogP contribution in [0.5, 0.6) is 0 Å². The summed E-state index contributed by atoms with van der Waals surface area (Å²) >= 11 is 12.5. The van der Waals surface area contributed by atoms with E-state index in [1.807, 2.05) is 42.5 Å². The monoisotopic (exact) mass is 456 g/mol. The van der Waals surface area contributed by atoms with E-state index in [1.54, 1.807) is 19.1 Å².